The van der Waals surface area contributed by atoms with E-state index in [2.05, 4.69) is 22.4 Å². The van der Waals surface area contributed by atoms with Crippen LogP contribution in [0.5, 0.6) is 5.75 Å². The molecule has 1 aromatic heterocycles. The van der Waals surface area contributed by atoms with E-state index in [1.807, 2.05) is 43.3 Å². The van der Waals surface area contributed by atoms with Crippen LogP contribution >= 0.6 is 0 Å². The molecule has 0 unspecified atom stereocenters. The molecule has 2 aromatic carbocycles. The van der Waals surface area contributed by atoms with Crippen molar-refractivity contribution in [2.75, 3.05) is 6.54 Å². The quantitative estimate of drug-likeness (QED) is 0.728. The highest BCUT2D eigenvalue weighted by Crippen LogP contribution is 2.24. The Hall–Kier alpha value is -2.89. The number of carbonyl (C=O) groups is 1. The van der Waals surface area contributed by atoms with E-state index >= 15 is 0 Å². The van der Waals surface area contributed by atoms with Crippen molar-refractivity contribution >= 4 is 17.1 Å². The van der Waals surface area contributed by atoms with Gasteiger partial charge in [0.05, 0.1) is 0 Å². The third-order valence-corrected chi connectivity index (χ3v) is 3.62. The van der Waals surface area contributed by atoms with Gasteiger partial charge in [-0.2, -0.15) is 0 Å². The molecule has 1 heterocycles. The predicted molar refractivity (Wildman–Crippen MR) is 92.5 cm³/mol. The maximum atomic E-state index is 11.9. The van der Waals surface area contributed by atoms with E-state index in [0.29, 0.717) is 18.0 Å². The van der Waals surface area contributed by atoms with Gasteiger partial charge in [0.25, 0.3) is 0 Å². The highest BCUT2D eigenvalue weighted by atomic mass is 16.6. The van der Waals surface area contributed by atoms with Crippen LogP contribution in [-0.2, 0) is 0 Å². The van der Waals surface area contributed by atoms with Gasteiger partial charge in [0.1, 0.15) is 16.7 Å². The number of nitrogens with zero attached hydrogens (tertiary/aromatic N) is 3. The summed E-state index contributed by atoms with van der Waals surface area (Å²) in [4.78, 5) is 13.5. The molecule has 0 saturated heterocycles. The lowest BCUT2D eigenvalue weighted by Crippen LogP contribution is -2.28. The summed E-state index contributed by atoms with van der Waals surface area (Å²) in [5.74, 6) is 0.426. The fourth-order valence-corrected chi connectivity index (χ4v) is 2.34. The summed E-state index contributed by atoms with van der Waals surface area (Å²) in [5.41, 5.74) is 3.25. The number of benzene rings is 2. The van der Waals surface area contributed by atoms with Gasteiger partial charge in [0.15, 0.2) is 5.75 Å². The predicted octanol–water partition coefficient (Wildman–Crippen LogP) is 3.62. The lowest BCUT2D eigenvalue weighted by molar-refractivity contribution is 0.200. The molecule has 0 aliphatic heterocycles. The Labute approximate surface area is 140 Å². The fourth-order valence-electron chi connectivity index (χ4n) is 2.34. The van der Waals surface area contributed by atoms with Gasteiger partial charge in [-0.25, -0.2) is 4.79 Å². The molecule has 0 atom stereocenters. The largest absolute Gasteiger partial charge is 0.412 e. The first-order valence-corrected chi connectivity index (χ1v) is 8.06. The minimum atomic E-state index is -0.467. The van der Waals surface area contributed by atoms with Crippen molar-refractivity contribution in [3.63, 3.8) is 0 Å². The summed E-state index contributed by atoms with van der Waals surface area (Å²) in [5, 5.41) is 11.7. The Kier molecular flexibility index (Phi) is 4.74. The molecule has 0 aliphatic carbocycles. The number of fused-ring (bicyclic) bond motifs is 1. The number of rotatable bonds is 5. The van der Waals surface area contributed by atoms with E-state index < -0.39 is 6.09 Å². The average Bonchev–Trinajstić information content (AvgIpc) is 3.00. The molecule has 0 fully saturated rings. The molecule has 0 bridgehead atoms. The second kappa shape index (κ2) is 7.12. The zero-order valence-corrected chi connectivity index (χ0v) is 13.8. The van der Waals surface area contributed by atoms with Crippen LogP contribution in [0.3, 0.4) is 0 Å². The fraction of sp³-hybridized carbons (Fsp3) is 0.278. The third kappa shape index (κ3) is 3.53. The van der Waals surface area contributed by atoms with Crippen LogP contribution in [0.2, 0.25) is 0 Å². The first-order chi connectivity index (χ1) is 11.7. The Morgan fingerprint density at radius 2 is 1.88 bits per heavy atom. The van der Waals surface area contributed by atoms with Crippen LogP contribution in [0.25, 0.3) is 16.7 Å². The molecule has 6 heteroatoms. The van der Waals surface area contributed by atoms with Gasteiger partial charge in [-0.15, -0.1) is 15.0 Å². The van der Waals surface area contributed by atoms with Crippen molar-refractivity contribution in [2.45, 2.75) is 26.7 Å². The van der Waals surface area contributed by atoms with E-state index in [1.165, 1.54) is 4.80 Å². The van der Waals surface area contributed by atoms with Crippen LogP contribution < -0.4 is 10.1 Å². The molecule has 0 spiro atoms. The molecule has 24 heavy (non-hydrogen) atoms. The van der Waals surface area contributed by atoms with Crippen molar-refractivity contribution < 1.29 is 9.53 Å². The number of aromatic nitrogens is 3. The lowest BCUT2D eigenvalue weighted by Gasteiger charge is -2.10. The molecule has 0 radical (unpaired) electrons. The van der Waals surface area contributed by atoms with Gasteiger partial charge >= 0.3 is 6.09 Å². The molecule has 124 valence electrons. The second-order valence-electron chi connectivity index (χ2n) is 5.62. The number of ether oxygens (including phenoxy) is 1. The summed E-state index contributed by atoms with van der Waals surface area (Å²) in [6.45, 7) is 4.64. The molecule has 3 rings (SSSR count). The molecule has 1 amide bonds. The first kappa shape index (κ1) is 16.0. The van der Waals surface area contributed by atoms with Crippen molar-refractivity contribution in [3.05, 3.63) is 48.0 Å². The van der Waals surface area contributed by atoms with Crippen molar-refractivity contribution in [1.82, 2.24) is 20.3 Å². The summed E-state index contributed by atoms with van der Waals surface area (Å²) in [6, 6.07) is 13.2. The standard InChI is InChI=1S/C18H20N4O2/c1-3-4-11-19-18(23)24-17-10-9-13(2)12-16(17)22-20-14-7-5-6-8-15(14)21-22/h5-10,12H,3-4,11H2,1-2H3,(H,19,23). The zero-order valence-electron chi connectivity index (χ0n) is 13.8. The molecular formula is C18H20N4O2. The van der Waals surface area contributed by atoms with Crippen LogP contribution in [0.4, 0.5) is 4.79 Å². The molecule has 1 N–H and O–H groups in total. The maximum Gasteiger partial charge on any atom is 0.412 e. The first-order valence-electron chi connectivity index (χ1n) is 8.06. The van der Waals surface area contributed by atoms with Gasteiger partial charge in [-0.3, -0.25) is 0 Å². The summed E-state index contributed by atoms with van der Waals surface area (Å²) >= 11 is 0. The van der Waals surface area contributed by atoms with Crippen LogP contribution in [0, 0.1) is 6.92 Å². The third-order valence-electron chi connectivity index (χ3n) is 3.62. The van der Waals surface area contributed by atoms with Gasteiger partial charge < -0.3 is 10.1 Å². The van der Waals surface area contributed by atoms with Crippen molar-refractivity contribution in [3.8, 4) is 11.4 Å². The number of hydrogen-bond donors (Lipinski definition) is 1. The van der Waals surface area contributed by atoms with Gasteiger partial charge in [-0.05, 0) is 43.2 Å². The normalized spacial score (nSPS) is 10.8. The topological polar surface area (TPSA) is 69.0 Å². The van der Waals surface area contributed by atoms with E-state index in [9.17, 15) is 4.79 Å². The molecule has 0 aliphatic rings. The van der Waals surface area contributed by atoms with E-state index in [1.54, 1.807) is 6.07 Å². The van der Waals surface area contributed by atoms with Crippen LogP contribution in [-0.4, -0.2) is 27.6 Å². The number of carbonyl (C=O) groups excluding carboxylic acids is 1. The Bertz CT molecular complexity index is 824. The Morgan fingerprint density at radius 3 is 2.54 bits per heavy atom. The number of amides is 1. The van der Waals surface area contributed by atoms with Gasteiger partial charge in [0.2, 0.25) is 0 Å². The smallest absolute Gasteiger partial charge is 0.408 e. The highest BCUT2D eigenvalue weighted by molar-refractivity contribution is 5.74. The highest BCUT2D eigenvalue weighted by Gasteiger charge is 2.13. The number of aryl methyl sites for hydroxylation is 1. The van der Waals surface area contributed by atoms with Crippen molar-refractivity contribution in [1.29, 1.82) is 0 Å². The monoisotopic (exact) mass is 324 g/mol. The van der Waals surface area contributed by atoms with E-state index in [0.717, 1.165) is 29.4 Å². The SMILES string of the molecule is CCCCNC(=O)Oc1ccc(C)cc1-n1nc2ccccc2n1. The average molecular weight is 324 g/mol. The minimum absolute atomic E-state index is 0.426. The van der Waals surface area contributed by atoms with Crippen LogP contribution in [0.1, 0.15) is 25.3 Å². The van der Waals surface area contributed by atoms with E-state index in [-0.39, 0.29) is 0 Å². The molecule has 3 aromatic rings. The van der Waals surface area contributed by atoms with Gasteiger partial charge in [0, 0.05) is 6.54 Å². The second-order valence-corrected chi connectivity index (χ2v) is 5.62. The molecule has 0 saturated carbocycles. The van der Waals surface area contributed by atoms with Gasteiger partial charge in [-0.1, -0.05) is 31.5 Å². The number of hydrogen-bond acceptors (Lipinski definition) is 4. The molecular weight excluding hydrogens is 304 g/mol. The Balaban J connectivity index is 1.89. The summed E-state index contributed by atoms with van der Waals surface area (Å²) < 4.78 is 5.45. The summed E-state index contributed by atoms with van der Waals surface area (Å²) in [7, 11) is 0. The Morgan fingerprint density at radius 1 is 1.17 bits per heavy atom. The van der Waals surface area contributed by atoms with Crippen molar-refractivity contribution in [2.24, 2.45) is 0 Å². The zero-order chi connectivity index (χ0) is 16.9. The van der Waals surface area contributed by atoms with Crippen LogP contribution in [0.15, 0.2) is 42.5 Å². The number of unbranched alkanes of at least 4 members (excludes halogenated alkanes) is 1. The summed E-state index contributed by atoms with van der Waals surface area (Å²) in [6.07, 6.45) is 1.47. The van der Waals surface area contributed by atoms with E-state index in [4.69, 9.17) is 4.74 Å². The maximum absolute atomic E-state index is 11.9. The lowest BCUT2D eigenvalue weighted by atomic mass is 10.2. The molecule has 6 nitrogen and oxygen atoms in total. The minimum Gasteiger partial charge on any atom is -0.408 e. The number of nitrogens with one attached hydrogen (secondary N) is 1.